The van der Waals surface area contributed by atoms with Crippen LogP contribution < -0.4 is 10.1 Å². The van der Waals surface area contributed by atoms with Crippen molar-refractivity contribution >= 4 is 11.6 Å². The molecule has 156 valence electrons. The summed E-state index contributed by atoms with van der Waals surface area (Å²) < 4.78 is 22.2. The van der Waals surface area contributed by atoms with Crippen LogP contribution in [0.2, 0.25) is 0 Å². The smallest absolute Gasteiger partial charge is 0.227 e. The van der Waals surface area contributed by atoms with Crippen molar-refractivity contribution < 1.29 is 9.13 Å². The molecule has 31 heavy (non-hydrogen) atoms. The van der Waals surface area contributed by atoms with Crippen LogP contribution in [0, 0.1) is 17.1 Å². The Bertz CT molecular complexity index is 1220. The quantitative estimate of drug-likeness (QED) is 0.491. The molecule has 1 aromatic carbocycles. The fourth-order valence-corrected chi connectivity index (χ4v) is 3.00. The average molecular weight is 418 g/mol. The lowest BCUT2D eigenvalue weighted by Crippen LogP contribution is -2.20. The molecule has 3 heterocycles. The molecule has 0 saturated carbocycles. The monoisotopic (exact) mass is 418 g/mol. The van der Waals surface area contributed by atoms with E-state index < -0.39 is 5.82 Å². The number of aryl methyl sites for hydroxylation is 1. The van der Waals surface area contributed by atoms with Gasteiger partial charge in [-0.2, -0.15) is 15.5 Å². The molecule has 1 N–H and O–H groups in total. The minimum Gasteiger partial charge on any atom is -0.487 e. The Labute approximate surface area is 177 Å². The molecule has 0 aliphatic heterocycles. The molecule has 0 spiro atoms. The topological polar surface area (TPSA) is 106 Å². The van der Waals surface area contributed by atoms with E-state index in [9.17, 15) is 9.65 Å². The molecule has 0 aliphatic carbocycles. The first-order valence-corrected chi connectivity index (χ1v) is 9.47. The van der Waals surface area contributed by atoms with Crippen molar-refractivity contribution in [3.05, 3.63) is 66.8 Å². The van der Waals surface area contributed by atoms with E-state index in [1.807, 2.05) is 26.2 Å². The second kappa shape index (κ2) is 8.62. The van der Waals surface area contributed by atoms with Gasteiger partial charge in [0.25, 0.3) is 0 Å². The van der Waals surface area contributed by atoms with Gasteiger partial charge in [0, 0.05) is 31.2 Å². The molecule has 4 rings (SSSR count). The summed E-state index contributed by atoms with van der Waals surface area (Å²) in [6.07, 6.45) is 8.98. The first-order chi connectivity index (χ1) is 15.0. The van der Waals surface area contributed by atoms with Gasteiger partial charge in [-0.15, -0.1) is 0 Å². The number of rotatable bonds is 7. The molecular formula is C21H19FN8O. The fraction of sp³-hybridized carbons (Fsp3) is 0.190. The van der Waals surface area contributed by atoms with Crippen LogP contribution in [0.25, 0.3) is 11.1 Å². The molecule has 1 atom stereocenters. The number of hydrogen-bond acceptors (Lipinski definition) is 7. The third-order valence-corrected chi connectivity index (χ3v) is 4.42. The van der Waals surface area contributed by atoms with Crippen molar-refractivity contribution in [3.63, 3.8) is 0 Å². The number of benzene rings is 1. The van der Waals surface area contributed by atoms with Crippen molar-refractivity contribution in [3.8, 4) is 22.9 Å². The van der Waals surface area contributed by atoms with Gasteiger partial charge in [-0.25, -0.2) is 14.4 Å². The average Bonchev–Trinajstić information content (AvgIpc) is 3.35. The zero-order chi connectivity index (χ0) is 21.8. The Balaban J connectivity index is 1.50. The Hall–Kier alpha value is -4.26. The highest BCUT2D eigenvalue weighted by atomic mass is 19.1. The normalized spacial score (nSPS) is 11.7. The summed E-state index contributed by atoms with van der Waals surface area (Å²) in [5.74, 6) is 0.466. The molecule has 0 amide bonds. The van der Waals surface area contributed by atoms with Gasteiger partial charge in [0.05, 0.1) is 36.4 Å². The maximum Gasteiger partial charge on any atom is 0.227 e. The van der Waals surface area contributed by atoms with Gasteiger partial charge >= 0.3 is 0 Å². The van der Waals surface area contributed by atoms with Crippen LogP contribution in [-0.4, -0.2) is 35.6 Å². The van der Waals surface area contributed by atoms with E-state index in [2.05, 4.69) is 31.6 Å². The number of aromatic nitrogens is 6. The number of anilines is 2. The van der Waals surface area contributed by atoms with E-state index >= 15 is 0 Å². The third kappa shape index (κ3) is 4.84. The van der Waals surface area contributed by atoms with E-state index in [-0.39, 0.29) is 6.10 Å². The summed E-state index contributed by atoms with van der Waals surface area (Å²) >= 11 is 0. The van der Waals surface area contributed by atoms with Crippen molar-refractivity contribution in [1.29, 1.82) is 5.26 Å². The van der Waals surface area contributed by atoms with Gasteiger partial charge in [0.1, 0.15) is 17.9 Å². The first-order valence-electron chi connectivity index (χ1n) is 9.47. The molecule has 0 saturated heterocycles. The molecule has 4 aromatic rings. The zero-order valence-corrected chi connectivity index (χ0v) is 16.9. The number of hydrogen-bond donors (Lipinski definition) is 1. The molecule has 0 aliphatic rings. The van der Waals surface area contributed by atoms with Gasteiger partial charge in [-0.05, 0) is 24.6 Å². The maximum atomic E-state index is 13.1. The van der Waals surface area contributed by atoms with E-state index in [0.29, 0.717) is 23.8 Å². The van der Waals surface area contributed by atoms with Crippen LogP contribution >= 0.6 is 0 Å². The summed E-state index contributed by atoms with van der Waals surface area (Å²) in [7, 11) is 1.83. The SMILES string of the molecule is C[C@@H](Cn1cc(F)cn1)Oc1cc(-c2cnc(Nc3cnn(C)c3)nc2)ccc1C#N. The molecular weight excluding hydrogens is 399 g/mol. The minimum atomic E-state index is -0.409. The fourth-order valence-electron chi connectivity index (χ4n) is 3.00. The second-order valence-corrected chi connectivity index (χ2v) is 6.95. The van der Waals surface area contributed by atoms with Crippen LogP contribution in [0.4, 0.5) is 16.0 Å². The van der Waals surface area contributed by atoms with Gasteiger partial charge in [-0.1, -0.05) is 6.07 Å². The van der Waals surface area contributed by atoms with Crippen LogP contribution in [0.15, 0.2) is 55.4 Å². The predicted molar refractivity (Wildman–Crippen MR) is 111 cm³/mol. The standard InChI is InChI=1S/C21H19FN8O/c1-14(11-30-12-18(22)9-27-30)31-20-5-15(3-4-16(20)6-23)17-7-24-21(25-8-17)28-19-10-26-29(2)13-19/h3-5,7-10,12-14H,11H2,1-2H3,(H,24,25,28)/t14-/m0/s1. The van der Waals surface area contributed by atoms with Crippen LogP contribution in [0.5, 0.6) is 5.75 Å². The number of nitriles is 1. The molecule has 10 heteroatoms. The zero-order valence-electron chi connectivity index (χ0n) is 16.9. The molecule has 3 aromatic heterocycles. The van der Waals surface area contributed by atoms with Crippen LogP contribution in [0.1, 0.15) is 12.5 Å². The summed E-state index contributed by atoms with van der Waals surface area (Å²) in [5, 5.41) is 20.5. The molecule has 9 nitrogen and oxygen atoms in total. The Morgan fingerprint density at radius 2 is 1.94 bits per heavy atom. The van der Waals surface area contributed by atoms with E-state index in [1.54, 1.807) is 35.4 Å². The molecule has 0 fully saturated rings. The highest BCUT2D eigenvalue weighted by molar-refractivity contribution is 5.66. The lowest BCUT2D eigenvalue weighted by Gasteiger charge is -2.16. The third-order valence-electron chi connectivity index (χ3n) is 4.42. The van der Waals surface area contributed by atoms with E-state index in [4.69, 9.17) is 4.74 Å². The number of nitrogens with zero attached hydrogens (tertiary/aromatic N) is 7. The molecule has 0 bridgehead atoms. The summed E-state index contributed by atoms with van der Waals surface area (Å²) in [6.45, 7) is 2.17. The van der Waals surface area contributed by atoms with Gasteiger partial charge in [0.2, 0.25) is 5.95 Å². The van der Waals surface area contributed by atoms with Crippen molar-refractivity contribution in [2.45, 2.75) is 19.6 Å². The number of halogens is 1. The molecule has 0 unspecified atom stereocenters. The summed E-state index contributed by atoms with van der Waals surface area (Å²) in [5.41, 5.74) is 2.76. The molecule has 0 radical (unpaired) electrons. The number of nitrogens with one attached hydrogen (secondary N) is 1. The van der Waals surface area contributed by atoms with Gasteiger partial charge in [-0.3, -0.25) is 9.36 Å². The van der Waals surface area contributed by atoms with Gasteiger partial charge < -0.3 is 10.1 Å². The predicted octanol–water partition coefficient (Wildman–Crippen LogP) is 3.30. The van der Waals surface area contributed by atoms with E-state index in [1.165, 1.54) is 10.9 Å². The van der Waals surface area contributed by atoms with E-state index in [0.717, 1.165) is 23.0 Å². The van der Waals surface area contributed by atoms with Crippen molar-refractivity contribution in [2.24, 2.45) is 7.05 Å². The summed E-state index contributed by atoms with van der Waals surface area (Å²) in [4.78, 5) is 8.68. The van der Waals surface area contributed by atoms with Crippen molar-refractivity contribution in [2.75, 3.05) is 5.32 Å². The lowest BCUT2D eigenvalue weighted by atomic mass is 10.1. The minimum absolute atomic E-state index is 0.330. The Kier molecular flexibility index (Phi) is 5.57. The van der Waals surface area contributed by atoms with Crippen LogP contribution in [-0.2, 0) is 13.6 Å². The lowest BCUT2D eigenvalue weighted by molar-refractivity contribution is 0.193. The maximum absolute atomic E-state index is 13.1. The largest absolute Gasteiger partial charge is 0.487 e. The van der Waals surface area contributed by atoms with Crippen LogP contribution in [0.3, 0.4) is 0 Å². The summed E-state index contributed by atoms with van der Waals surface area (Å²) in [6, 6.07) is 7.40. The number of ether oxygens (including phenoxy) is 1. The second-order valence-electron chi connectivity index (χ2n) is 6.95. The highest BCUT2D eigenvalue weighted by Crippen LogP contribution is 2.28. The highest BCUT2D eigenvalue weighted by Gasteiger charge is 2.12. The Morgan fingerprint density at radius 3 is 2.58 bits per heavy atom. The Morgan fingerprint density at radius 1 is 1.13 bits per heavy atom. The van der Waals surface area contributed by atoms with Crippen molar-refractivity contribution in [1.82, 2.24) is 29.5 Å². The first kappa shape index (κ1) is 20.0. The van der Waals surface area contributed by atoms with Gasteiger partial charge in [0.15, 0.2) is 5.82 Å².